The average Bonchev–Trinajstić information content (AvgIpc) is 4.14. The summed E-state index contributed by atoms with van der Waals surface area (Å²) in [6.07, 6.45) is 0. The molecule has 0 amide bonds. The monoisotopic (exact) mass is 838 g/mol. The second-order valence-electron chi connectivity index (χ2n) is 16.1. The highest BCUT2D eigenvalue weighted by atomic mass is 32.1. The van der Waals surface area contributed by atoms with Crippen molar-refractivity contribution in [3.8, 4) is 40.1 Å². The second-order valence-corrected chi connectivity index (χ2v) is 17.1. The lowest BCUT2D eigenvalue weighted by atomic mass is 9.93. The van der Waals surface area contributed by atoms with Crippen LogP contribution in [0.15, 0.2) is 206 Å². The van der Waals surface area contributed by atoms with E-state index in [0.717, 1.165) is 76.8 Å². The molecule has 0 saturated carbocycles. The number of benzene rings is 9. The first-order valence-electron chi connectivity index (χ1n) is 23.2. The van der Waals surface area contributed by atoms with Crippen LogP contribution in [0, 0.1) is 0 Å². The van der Waals surface area contributed by atoms with Gasteiger partial charge < -0.3 is 4.57 Å². The first-order chi connectivity index (χ1) is 33.4. The standard InChI is InChI=1S/C57H34N6S/c1-8-26-44-35(17-1)36-18-2-9-27-45(36)61(44)50-32-15-24-42(41-25-16-34-52-53(41)43-23-7-14-33-51(43)64-52)54(50)55-58-56(62-46-28-10-3-19-37(46)38-20-4-11-29-47(38)62)60-57(59-55)63-48-30-12-5-21-39(48)40-22-6-13-31-49(40)63/h1-34H/i3D,10D,19D,28D. The van der Waals surface area contributed by atoms with E-state index in [2.05, 4.69) is 143 Å². The van der Waals surface area contributed by atoms with E-state index >= 15 is 0 Å². The van der Waals surface area contributed by atoms with Gasteiger partial charge in [-0.2, -0.15) is 15.0 Å². The van der Waals surface area contributed by atoms with Crippen molar-refractivity contribution in [2.45, 2.75) is 0 Å². The molecule has 14 rings (SSSR count). The van der Waals surface area contributed by atoms with Crippen molar-refractivity contribution in [3.63, 3.8) is 0 Å². The Hall–Kier alpha value is -8.39. The molecule has 0 aliphatic carbocycles. The van der Waals surface area contributed by atoms with Crippen molar-refractivity contribution in [1.29, 1.82) is 0 Å². The summed E-state index contributed by atoms with van der Waals surface area (Å²) >= 11 is 1.77. The maximum absolute atomic E-state index is 9.44. The highest BCUT2D eigenvalue weighted by Gasteiger charge is 2.26. The number of hydrogen-bond donors (Lipinski definition) is 0. The van der Waals surface area contributed by atoms with Gasteiger partial charge in [-0.1, -0.05) is 152 Å². The van der Waals surface area contributed by atoms with Gasteiger partial charge in [0.15, 0.2) is 5.82 Å². The summed E-state index contributed by atoms with van der Waals surface area (Å²) in [6.45, 7) is 0. The molecule has 0 aliphatic heterocycles. The maximum Gasteiger partial charge on any atom is 0.240 e. The van der Waals surface area contributed by atoms with Crippen LogP contribution >= 0.6 is 11.3 Å². The van der Waals surface area contributed by atoms with Gasteiger partial charge in [0.25, 0.3) is 0 Å². The number of hydrogen-bond acceptors (Lipinski definition) is 4. The van der Waals surface area contributed by atoms with Gasteiger partial charge >= 0.3 is 0 Å². The molecular weight excluding hydrogens is 801 g/mol. The van der Waals surface area contributed by atoms with E-state index in [9.17, 15) is 2.74 Å². The maximum atomic E-state index is 9.44. The van der Waals surface area contributed by atoms with Crippen molar-refractivity contribution >= 4 is 96.9 Å². The summed E-state index contributed by atoms with van der Waals surface area (Å²) in [4.78, 5) is 16.5. The molecule has 5 heterocycles. The molecule has 0 aliphatic rings. The van der Waals surface area contributed by atoms with Gasteiger partial charge in [-0.25, -0.2) is 0 Å². The minimum absolute atomic E-state index is 0.122. The van der Waals surface area contributed by atoms with E-state index in [1.54, 1.807) is 15.9 Å². The van der Waals surface area contributed by atoms with Crippen LogP contribution in [0.3, 0.4) is 0 Å². The lowest BCUT2D eigenvalue weighted by Crippen LogP contribution is -2.11. The Bertz CT molecular complexity index is 4360. The minimum atomic E-state index is -0.335. The fraction of sp³-hybridized carbons (Fsp3) is 0. The van der Waals surface area contributed by atoms with Crippen LogP contribution in [0.4, 0.5) is 0 Å². The van der Waals surface area contributed by atoms with Crippen molar-refractivity contribution < 1.29 is 5.48 Å². The lowest BCUT2D eigenvalue weighted by Gasteiger charge is -2.19. The largest absolute Gasteiger partial charge is 0.308 e. The van der Waals surface area contributed by atoms with E-state index in [4.69, 9.17) is 17.7 Å². The van der Waals surface area contributed by atoms with Crippen LogP contribution in [0.25, 0.3) is 126 Å². The average molecular weight is 839 g/mol. The third kappa shape index (κ3) is 4.98. The molecule has 0 N–H and O–H groups in total. The van der Waals surface area contributed by atoms with Crippen LogP contribution in [0.1, 0.15) is 5.48 Å². The second kappa shape index (κ2) is 13.6. The number of rotatable bonds is 5. The molecule has 0 radical (unpaired) electrons. The highest BCUT2D eigenvalue weighted by molar-refractivity contribution is 7.25. The minimum Gasteiger partial charge on any atom is -0.308 e. The molecule has 0 fully saturated rings. The smallest absolute Gasteiger partial charge is 0.240 e. The fourth-order valence-corrected chi connectivity index (χ4v) is 11.2. The van der Waals surface area contributed by atoms with Gasteiger partial charge in [0, 0.05) is 52.5 Å². The summed E-state index contributed by atoms with van der Waals surface area (Å²) < 4.78 is 44.9. The summed E-state index contributed by atoms with van der Waals surface area (Å²) in [5.74, 6) is 0.962. The predicted molar refractivity (Wildman–Crippen MR) is 267 cm³/mol. The Labute approximate surface area is 375 Å². The molecule has 0 unspecified atom stereocenters. The summed E-state index contributed by atoms with van der Waals surface area (Å²) in [5.41, 5.74) is 8.40. The number of thiophene rings is 1. The zero-order chi connectivity index (χ0) is 45.4. The van der Waals surface area contributed by atoms with Crippen molar-refractivity contribution in [2.75, 3.05) is 0 Å². The van der Waals surface area contributed by atoms with Gasteiger partial charge in [0.05, 0.1) is 49.8 Å². The molecule has 9 aromatic carbocycles. The molecule has 5 aromatic heterocycles. The Kier molecular flexibility index (Phi) is 6.66. The van der Waals surface area contributed by atoms with Crippen LogP contribution in [0.5, 0.6) is 0 Å². The molecule has 6 nitrogen and oxygen atoms in total. The SMILES string of the molecule is [2H]c1c([2H])c([2H])c2c(c1[2H])c1ccccc1n2-c1nc(-c2c(-c3cccc4sc5ccccc5c34)cccc2-n2c3ccccc3c3ccccc32)nc(-n2c3ccccc3c3ccccc32)n1. The van der Waals surface area contributed by atoms with E-state index in [0.29, 0.717) is 28.1 Å². The molecule has 0 spiro atoms. The van der Waals surface area contributed by atoms with Gasteiger partial charge in [-0.05, 0) is 65.7 Å². The number of aromatic nitrogens is 6. The first kappa shape index (κ1) is 31.5. The van der Waals surface area contributed by atoms with Gasteiger partial charge in [-0.15, -0.1) is 11.3 Å². The van der Waals surface area contributed by atoms with Crippen molar-refractivity contribution in [1.82, 2.24) is 28.7 Å². The molecule has 0 atom stereocenters. The topological polar surface area (TPSA) is 53.5 Å². The van der Waals surface area contributed by atoms with Crippen LogP contribution in [-0.2, 0) is 0 Å². The summed E-state index contributed by atoms with van der Waals surface area (Å²) in [6, 6.07) is 61.6. The first-order valence-corrected chi connectivity index (χ1v) is 22.0. The Balaban J connectivity index is 1.19. The Morgan fingerprint density at radius 2 is 0.812 bits per heavy atom. The highest BCUT2D eigenvalue weighted by Crippen LogP contribution is 2.46. The summed E-state index contributed by atoms with van der Waals surface area (Å²) in [5, 5.41) is 7.69. The number of fused-ring (bicyclic) bond motifs is 12. The molecule has 0 bridgehead atoms. The molecule has 14 aromatic rings. The molecule has 298 valence electrons. The fourth-order valence-electron chi connectivity index (χ4n) is 10.0. The van der Waals surface area contributed by atoms with E-state index in [1.807, 2.05) is 48.5 Å². The quantitative estimate of drug-likeness (QED) is 0.173. The third-order valence-electron chi connectivity index (χ3n) is 12.7. The van der Waals surface area contributed by atoms with Gasteiger partial charge in [-0.3, -0.25) is 9.13 Å². The van der Waals surface area contributed by atoms with Crippen LogP contribution < -0.4 is 0 Å². The summed E-state index contributed by atoms with van der Waals surface area (Å²) in [7, 11) is 0. The zero-order valence-electron chi connectivity index (χ0n) is 37.9. The van der Waals surface area contributed by atoms with E-state index < -0.39 is 0 Å². The van der Waals surface area contributed by atoms with Crippen LogP contribution in [0.2, 0.25) is 0 Å². The van der Waals surface area contributed by atoms with Crippen LogP contribution in [-0.4, -0.2) is 28.7 Å². The number of nitrogens with zero attached hydrogens (tertiary/aromatic N) is 6. The van der Waals surface area contributed by atoms with E-state index in [-0.39, 0.29) is 35.6 Å². The van der Waals surface area contributed by atoms with Crippen molar-refractivity contribution in [3.05, 3.63) is 206 Å². The molecular formula is C57H34N6S. The Morgan fingerprint density at radius 3 is 1.42 bits per heavy atom. The Morgan fingerprint density at radius 1 is 0.359 bits per heavy atom. The molecule has 64 heavy (non-hydrogen) atoms. The molecule has 7 heteroatoms. The molecule has 0 saturated heterocycles. The third-order valence-corrected chi connectivity index (χ3v) is 13.8. The number of para-hydroxylation sites is 6. The lowest BCUT2D eigenvalue weighted by molar-refractivity contribution is 0.892. The zero-order valence-corrected chi connectivity index (χ0v) is 34.7. The van der Waals surface area contributed by atoms with E-state index in [1.165, 1.54) is 9.40 Å². The predicted octanol–water partition coefficient (Wildman–Crippen LogP) is 14.9. The normalized spacial score (nSPS) is 12.9. The van der Waals surface area contributed by atoms with Gasteiger partial charge in [0.1, 0.15) is 0 Å². The van der Waals surface area contributed by atoms with Gasteiger partial charge in [0.2, 0.25) is 11.9 Å². The van der Waals surface area contributed by atoms with Crippen molar-refractivity contribution in [2.24, 2.45) is 0 Å².